The number of carbonyl (C=O) groups excluding carboxylic acids is 2. The zero-order valence-corrected chi connectivity index (χ0v) is 17.3. The molecule has 0 aromatic heterocycles. The van der Waals surface area contributed by atoms with Crippen LogP contribution in [0.2, 0.25) is 0 Å². The molecule has 1 heterocycles. The molecule has 1 aliphatic heterocycles. The summed E-state index contributed by atoms with van der Waals surface area (Å²) in [6, 6.07) is 8.21. The number of piperazine rings is 1. The molecule has 0 radical (unpaired) electrons. The molecule has 3 rings (SSSR count). The van der Waals surface area contributed by atoms with E-state index in [-0.39, 0.29) is 17.7 Å². The summed E-state index contributed by atoms with van der Waals surface area (Å²) in [7, 11) is 2.15. The van der Waals surface area contributed by atoms with Gasteiger partial charge in [0.25, 0.3) is 0 Å². The summed E-state index contributed by atoms with van der Waals surface area (Å²) in [5, 5.41) is 3.03. The fraction of sp³-hybridized carbons (Fsp3) is 0.636. The van der Waals surface area contributed by atoms with E-state index in [1.165, 1.54) is 12.1 Å². The molecular formula is C22H34N4O2. The minimum atomic E-state index is -0.000683. The number of nitrogens with one attached hydrogen (secondary N) is 1. The predicted molar refractivity (Wildman–Crippen MR) is 114 cm³/mol. The van der Waals surface area contributed by atoms with Crippen LogP contribution < -0.4 is 15.1 Å². The van der Waals surface area contributed by atoms with E-state index < -0.39 is 0 Å². The van der Waals surface area contributed by atoms with E-state index >= 15 is 0 Å². The van der Waals surface area contributed by atoms with Crippen molar-refractivity contribution >= 4 is 23.2 Å². The number of hydrogen-bond acceptors (Lipinski definition) is 4. The fourth-order valence-corrected chi connectivity index (χ4v) is 4.18. The molecule has 2 amide bonds. The molecule has 0 unspecified atom stereocenters. The molecule has 1 saturated heterocycles. The highest BCUT2D eigenvalue weighted by molar-refractivity contribution is 5.91. The Morgan fingerprint density at radius 3 is 2.29 bits per heavy atom. The number of benzene rings is 1. The molecule has 1 N–H and O–H groups in total. The lowest BCUT2D eigenvalue weighted by Gasteiger charge is -2.34. The SMILES string of the molecule is CC(=O)N(CCNC(=O)C1CCCCC1)c1ccc(N2CCN(C)CC2)cc1. The van der Waals surface area contributed by atoms with Crippen LogP contribution in [-0.4, -0.2) is 63.0 Å². The van der Waals surface area contributed by atoms with E-state index in [4.69, 9.17) is 0 Å². The van der Waals surface area contributed by atoms with Gasteiger partial charge in [0.1, 0.15) is 0 Å². The lowest BCUT2D eigenvalue weighted by atomic mass is 9.89. The van der Waals surface area contributed by atoms with E-state index in [1.807, 2.05) is 12.1 Å². The van der Waals surface area contributed by atoms with Crippen LogP contribution in [0.3, 0.4) is 0 Å². The second-order valence-electron chi connectivity index (χ2n) is 8.10. The van der Waals surface area contributed by atoms with Gasteiger partial charge in [0.15, 0.2) is 0 Å². The molecule has 2 aliphatic rings. The van der Waals surface area contributed by atoms with Crippen LogP contribution in [0.1, 0.15) is 39.0 Å². The summed E-state index contributed by atoms with van der Waals surface area (Å²) in [6.45, 7) is 6.77. The van der Waals surface area contributed by atoms with Crippen LogP contribution in [0, 0.1) is 5.92 Å². The second kappa shape index (κ2) is 9.92. The largest absolute Gasteiger partial charge is 0.369 e. The average Bonchev–Trinajstić information content (AvgIpc) is 2.72. The maximum Gasteiger partial charge on any atom is 0.223 e. The zero-order chi connectivity index (χ0) is 19.9. The van der Waals surface area contributed by atoms with Gasteiger partial charge in [-0.2, -0.15) is 0 Å². The maximum absolute atomic E-state index is 12.3. The van der Waals surface area contributed by atoms with Gasteiger partial charge in [0, 0.05) is 63.5 Å². The Balaban J connectivity index is 1.53. The minimum absolute atomic E-state index is 0.000683. The standard InChI is InChI=1S/C22H34N4O2/c1-18(27)26(13-12-23-22(28)19-6-4-3-5-7-19)21-10-8-20(9-11-21)25-16-14-24(2)15-17-25/h8-11,19H,3-7,12-17H2,1-2H3,(H,23,28). The first-order valence-electron chi connectivity index (χ1n) is 10.6. The molecule has 6 nitrogen and oxygen atoms in total. The van der Waals surface area contributed by atoms with Crippen molar-refractivity contribution in [2.75, 3.05) is 56.1 Å². The van der Waals surface area contributed by atoms with Gasteiger partial charge in [-0.15, -0.1) is 0 Å². The van der Waals surface area contributed by atoms with E-state index in [9.17, 15) is 9.59 Å². The van der Waals surface area contributed by atoms with Crippen LogP contribution in [0.15, 0.2) is 24.3 Å². The molecule has 1 aromatic carbocycles. The Labute approximate surface area is 168 Å². The summed E-state index contributed by atoms with van der Waals surface area (Å²) in [5.41, 5.74) is 2.09. The van der Waals surface area contributed by atoms with Crippen molar-refractivity contribution in [3.05, 3.63) is 24.3 Å². The highest BCUT2D eigenvalue weighted by Gasteiger charge is 2.21. The van der Waals surface area contributed by atoms with Crippen LogP contribution in [0.25, 0.3) is 0 Å². The van der Waals surface area contributed by atoms with E-state index in [0.29, 0.717) is 13.1 Å². The summed E-state index contributed by atoms with van der Waals surface area (Å²) in [5.74, 6) is 0.301. The number of amides is 2. The van der Waals surface area contributed by atoms with E-state index in [1.54, 1.807) is 11.8 Å². The average molecular weight is 387 g/mol. The van der Waals surface area contributed by atoms with Gasteiger partial charge in [-0.3, -0.25) is 9.59 Å². The van der Waals surface area contributed by atoms with Crippen LogP contribution >= 0.6 is 0 Å². The Morgan fingerprint density at radius 2 is 1.68 bits per heavy atom. The molecule has 1 aliphatic carbocycles. The predicted octanol–water partition coefficient (Wildman–Crippen LogP) is 2.49. The van der Waals surface area contributed by atoms with Crippen molar-refractivity contribution in [2.24, 2.45) is 5.92 Å². The van der Waals surface area contributed by atoms with Gasteiger partial charge in [-0.1, -0.05) is 19.3 Å². The lowest BCUT2D eigenvalue weighted by Crippen LogP contribution is -2.44. The van der Waals surface area contributed by atoms with Gasteiger partial charge >= 0.3 is 0 Å². The van der Waals surface area contributed by atoms with Gasteiger partial charge in [0.05, 0.1) is 0 Å². The molecule has 0 atom stereocenters. The third-order valence-corrected chi connectivity index (χ3v) is 6.02. The normalized spacial score (nSPS) is 18.7. The number of anilines is 2. The molecule has 1 aromatic rings. The molecule has 0 bridgehead atoms. The monoisotopic (exact) mass is 386 g/mol. The Morgan fingerprint density at radius 1 is 1.04 bits per heavy atom. The topological polar surface area (TPSA) is 55.9 Å². The molecule has 0 spiro atoms. The minimum Gasteiger partial charge on any atom is -0.369 e. The highest BCUT2D eigenvalue weighted by atomic mass is 16.2. The van der Waals surface area contributed by atoms with Crippen molar-refractivity contribution < 1.29 is 9.59 Å². The van der Waals surface area contributed by atoms with Gasteiger partial charge in [-0.05, 0) is 44.2 Å². The first-order chi connectivity index (χ1) is 13.5. The van der Waals surface area contributed by atoms with Crippen molar-refractivity contribution in [1.29, 1.82) is 0 Å². The third kappa shape index (κ3) is 5.47. The Hall–Kier alpha value is -2.08. The molecule has 154 valence electrons. The van der Waals surface area contributed by atoms with E-state index in [0.717, 1.165) is 57.5 Å². The summed E-state index contributed by atoms with van der Waals surface area (Å²) in [4.78, 5) is 30.9. The number of nitrogens with zero attached hydrogens (tertiary/aromatic N) is 3. The summed E-state index contributed by atoms with van der Waals surface area (Å²) in [6.07, 6.45) is 5.53. The number of hydrogen-bond donors (Lipinski definition) is 1. The third-order valence-electron chi connectivity index (χ3n) is 6.02. The Kier molecular flexibility index (Phi) is 7.31. The lowest BCUT2D eigenvalue weighted by molar-refractivity contribution is -0.126. The van der Waals surface area contributed by atoms with Crippen molar-refractivity contribution in [3.8, 4) is 0 Å². The second-order valence-corrected chi connectivity index (χ2v) is 8.10. The highest BCUT2D eigenvalue weighted by Crippen LogP contribution is 2.24. The van der Waals surface area contributed by atoms with Crippen molar-refractivity contribution in [1.82, 2.24) is 10.2 Å². The quantitative estimate of drug-likeness (QED) is 0.816. The first-order valence-corrected chi connectivity index (χ1v) is 10.6. The first kappa shape index (κ1) is 20.6. The molecule has 1 saturated carbocycles. The number of likely N-dealkylation sites (N-methyl/N-ethyl adjacent to an activating group) is 1. The summed E-state index contributed by atoms with van der Waals surface area (Å²) >= 11 is 0. The fourth-order valence-electron chi connectivity index (χ4n) is 4.18. The molecule has 2 fully saturated rings. The van der Waals surface area contributed by atoms with Crippen LogP contribution in [-0.2, 0) is 9.59 Å². The van der Waals surface area contributed by atoms with Crippen molar-refractivity contribution in [2.45, 2.75) is 39.0 Å². The number of rotatable bonds is 6. The molecule has 6 heteroatoms. The van der Waals surface area contributed by atoms with Crippen LogP contribution in [0.4, 0.5) is 11.4 Å². The summed E-state index contributed by atoms with van der Waals surface area (Å²) < 4.78 is 0. The zero-order valence-electron chi connectivity index (χ0n) is 17.3. The van der Waals surface area contributed by atoms with Gasteiger partial charge in [0.2, 0.25) is 11.8 Å². The Bertz CT molecular complexity index is 647. The van der Waals surface area contributed by atoms with Gasteiger partial charge in [-0.25, -0.2) is 0 Å². The van der Waals surface area contributed by atoms with Gasteiger partial charge < -0.3 is 20.0 Å². The maximum atomic E-state index is 12.3. The van der Waals surface area contributed by atoms with Crippen LogP contribution in [0.5, 0.6) is 0 Å². The van der Waals surface area contributed by atoms with E-state index in [2.05, 4.69) is 34.3 Å². The molecule has 28 heavy (non-hydrogen) atoms. The number of carbonyl (C=O) groups is 2. The smallest absolute Gasteiger partial charge is 0.223 e. The van der Waals surface area contributed by atoms with Crippen molar-refractivity contribution in [3.63, 3.8) is 0 Å². The molecular weight excluding hydrogens is 352 g/mol.